The smallest absolute Gasteiger partial charge is 0.169 e. The average Bonchev–Trinajstić information content (AvgIpc) is 3.40. The summed E-state index contributed by atoms with van der Waals surface area (Å²) < 4.78 is 29.3. The molecule has 0 spiro atoms. The molecule has 0 aliphatic carbocycles. The summed E-state index contributed by atoms with van der Waals surface area (Å²) in [5.41, 5.74) is 4.62. The molecule has 0 fully saturated rings. The Hall–Kier alpha value is -3.45. The molecule has 0 radical (unpaired) electrons. The Morgan fingerprint density at radius 3 is 2.52 bits per heavy atom. The van der Waals surface area contributed by atoms with Crippen LogP contribution in [0.5, 0.6) is 0 Å². The summed E-state index contributed by atoms with van der Waals surface area (Å²) in [5, 5.41) is 8.55. The van der Waals surface area contributed by atoms with Crippen molar-refractivity contribution in [3.8, 4) is 33.9 Å². The van der Waals surface area contributed by atoms with Gasteiger partial charge in [0.2, 0.25) is 0 Å². The van der Waals surface area contributed by atoms with Gasteiger partial charge in [-0.25, -0.2) is 18.7 Å². The van der Waals surface area contributed by atoms with Gasteiger partial charge in [-0.3, -0.25) is 4.68 Å². The standard InChI is InChI=1S/C22H14F2N4S/c23-18-3-1-2-17(21(18)24)22-26-19-10-25-28(12-20(19)27-22)11-14-4-6-15(7-5-14)16-8-9-29-13-16/h1-10,12-13H,11H2. The molecule has 2 aromatic carbocycles. The number of nitrogens with zero attached hydrogens (tertiary/aromatic N) is 4. The van der Waals surface area contributed by atoms with Gasteiger partial charge in [-0.1, -0.05) is 30.3 Å². The summed E-state index contributed by atoms with van der Waals surface area (Å²) in [6, 6.07) is 14.4. The van der Waals surface area contributed by atoms with Crippen LogP contribution in [0.4, 0.5) is 8.78 Å². The lowest BCUT2D eigenvalue weighted by Crippen LogP contribution is -2.05. The van der Waals surface area contributed by atoms with Crippen LogP contribution in [-0.4, -0.2) is 19.7 Å². The number of imidazole rings is 1. The van der Waals surface area contributed by atoms with Gasteiger partial charge in [0.1, 0.15) is 11.4 Å². The minimum Gasteiger partial charge on any atom is -0.266 e. The maximum Gasteiger partial charge on any atom is 0.169 e. The van der Waals surface area contributed by atoms with Crippen LogP contribution in [0.1, 0.15) is 5.56 Å². The van der Waals surface area contributed by atoms with E-state index in [1.807, 2.05) is 0 Å². The molecule has 5 rings (SSSR count). The van der Waals surface area contributed by atoms with Crippen molar-refractivity contribution in [2.24, 2.45) is 0 Å². The van der Waals surface area contributed by atoms with E-state index in [2.05, 4.69) is 56.2 Å². The lowest BCUT2D eigenvalue weighted by Gasteiger charge is -2.07. The van der Waals surface area contributed by atoms with Gasteiger partial charge >= 0.3 is 0 Å². The molecular formula is C22H14F2N4S. The van der Waals surface area contributed by atoms with E-state index in [4.69, 9.17) is 0 Å². The molecule has 29 heavy (non-hydrogen) atoms. The van der Waals surface area contributed by atoms with Gasteiger partial charge in [-0.15, -0.1) is 0 Å². The molecule has 0 atom stereocenters. The second-order valence-electron chi connectivity index (χ2n) is 6.60. The van der Waals surface area contributed by atoms with E-state index in [0.717, 1.165) is 11.6 Å². The van der Waals surface area contributed by atoms with Crippen LogP contribution in [0.25, 0.3) is 33.9 Å². The summed E-state index contributed by atoms with van der Waals surface area (Å²) in [6.45, 7) is 0.566. The maximum atomic E-state index is 14.0. The number of fused-ring (bicyclic) bond motifs is 1. The third-order valence-electron chi connectivity index (χ3n) is 4.66. The largest absolute Gasteiger partial charge is 0.266 e. The Balaban J connectivity index is 1.42. The van der Waals surface area contributed by atoms with Gasteiger partial charge in [0.05, 0.1) is 24.5 Å². The van der Waals surface area contributed by atoms with Gasteiger partial charge in [-0.2, -0.15) is 16.4 Å². The third-order valence-corrected chi connectivity index (χ3v) is 5.34. The summed E-state index contributed by atoms with van der Waals surface area (Å²) >= 11 is 1.67. The Kier molecular flexibility index (Phi) is 4.37. The van der Waals surface area contributed by atoms with Crippen LogP contribution in [0.2, 0.25) is 0 Å². The van der Waals surface area contributed by atoms with E-state index >= 15 is 0 Å². The van der Waals surface area contributed by atoms with Crippen molar-refractivity contribution in [2.45, 2.75) is 6.54 Å². The van der Waals surface area contributed by atoms with Crippen LogP contribution < -0.4 is 0 Å². The molecule has 2 aliphatic heterocycles. The molecule has 142 valence electrons. The molecule has 0 N–H and O–H groups in total. The fraction of sp³-hybridized carbons (Fsp3) is 0.0455. The molecule has 3 aromatic rings. The van der Waals surface area contributed by atoms with Gasteiger partial charge < -0.3 is 0 Å². The molecule has 0 saturated heterocycles. The molecule has 2 aliphatic rings. The number of hydrogen-bond acceptors (Lipinski definition) is 4. The molecule has 0 amide bonds. The second-order valence-corrected chi connectivity index (χ2v) is 7.38. The SMILES string of the molecule is Fc1cccc(-c2nc3cnn(Cc4ccc(-c5ccsc5)cc4)cc-3n2)c1F. The van der Waals surface area contributed by atoms with E-state index in [9.17, 15) is 8.78 Å². The van der Waals surface area contributed by atoms with Crippen LogP contribution in [-0.2, 0) is 6.54 Å². The van der Waals surface area contributed by atoms with Crippen LogP contribution in [0.3, 0.4) is 0 Å². The molecular weight excluding hydrogens is 390 g/mol. The van der Waals surface area contributed by atoms with Crippen molar-refractivity contribution >= 4 is 11.3 Å². The molecule has 3 heterocycles. The highest BCUT2D eigenvalue weighted by Gasteiger charge is 2.18. The summed E-state index contributed by atoms with van der Waals surface area (Å²) in [5.74, 6) is -1.72. The number of aromatic nitrogens is 4. The zero-order valence-corrected chi connectivity index (χ0v) is 15.9. The van der Waals surface area contributed by atoms with Crippen molar-refractivity contribution in [3.63, 3.8) is 0 Å². The highest BCUT2D eigenvalue weighted by molar-refractivity contribution is 7.08. The third kappa shape index (κ3) is 3.40. The lowest BCUT2D eigenvalue weighted by atomic mass is 10.1. The van der Waals surface area contributed by atoms with E-state index in [1.165, 1.54) is 23.3 Å². The zero-order valence-electron chi connectivity index (χ0n) is 15.1. The second kappa shape index (κ2) is 7.18. The molecule has 4 nitrogen and oxygen atoms in total. The van der Waals surface area contributed by atoms with Crippen LogP contribution in [0.15, 0.2) is 71.7 Å². The first kappa shape index (κ1) is 17.6. The fourth-order valence-electron chi connectivity index (χ4n) is 3.16. The Morgan fingerprint density at radius 2 is 1.72 bits per heavy atom. The van der Waals surface area contributed by atoms with Crippen molar-refractivity contribution in [1.29, 1.82) is 0 Å². The summed E-state index contributed by atoms with van der Waals surface area (Å²) in [7, 11) is 0. The Labute approximate surface area is 169 Å². The highest BCUT2D eigenvalue weighted by Crippen LogP contribution is 2.27. The van der Waals surface area contributed by atoms with E-state index < -0.39 is 11.6 Å². The number of halogens is 2. The quantitative estimate of drug-likeness (QED) is 0.397. The molecule has 1 aromatic heterocycles. The number of rotatable bonds is 4. The van der Waals surface area contributed by atoms with E-state index in [-0.39, 0.29) is 11.4 Å². The zero-order chi connectivity index (χ0) is 19.8. The van der Waals surface area contributed by atoms with Gasteiger partial charge in [0.25, 0.3) is 0 Å². The molecule has 0 bridgehead atoms. The van der Waals surface area contributed by atoms with Crippen LogP contribution >= 0.6 is 11.3 Å². The molecule has 0 saturated carbocycles. The molecule has 7 heteroatoms. The lowest BCUT2D eigenvalue weighted by molar-refractivity contribution is 0.510. The number of thiophene rings is 1. The predicted molar refractivity (Wildman–Crippen MR) is 109 cm³/mol. The van der Waals surface area contributed by atoms with Crippen molar-refractivity contribution in [3.05, 3.63) is 88.9 Å². The van der Waals surface area contributed by atoms with Crippen molar-refractivity contribution in [2.75, 3.05) is 0 Å². The minimum atomic E-state index is -0.950. The first-order chi connectivity index (χ1) is 14.2. The summed E-state index contributed by atoms with van der Waals surface area (Å²) in [6.07, 6.45) is 3.35. The average molecular weight is 404 g/mol. The van der Waals surface area contributed by atoms with Gasteiger partial charge in [-0.05, 0) is 45.6 Å². The first-order valence-electron chi connectivity index (χ1n) is 8.93. The number of hydrogen-bond donors (Lipinski definition) is 0. The maximum absolute atomic E-state index is 14.0. The van der Waals surface area contributed by atoms with Crippen molar-refractivity contribution < 1.29 is 8.78 Å². The van der Waals surface area contributed by atoms with Gasteiger partial charge in [0, 0.05) is 0 Å². The molecule has 0 unspecified atom stereocenters. The Morgan fingerprint density at radius 1 is 0.897 bits per heavy atom. The van der Waals surface area contributed by atoms with Crippen LogP contribution in [0, 0.1) is 11.6 Å². The van der Waals surface area contributed by atoms with Gasteiger partial charge in [0.15, 0.2) is 17.5 Å². The Bertz CT molecular complexity index is 1250. The predicted octanol–water partition coefficient (Wildman–Crippen LogP) is 5.50. The first-order valence-corrected chi connectivity index (χ1v) is 9.88. The summed E-state index contributed by atoms with van der Waals surface area (Å²) in [4.78, 5) is 8.64. The van der Waals surface area contributed by atoms with Crippen molar-refractivity contribution in [1.82, 2.24) is 19.7 Å². The minimum absolute atomic E-state index is 0.0387. The fourth-order valence-corrected chi connectivity index (χ4v) is 3.83. The van der Waals surface area contributed by atoms with E-state index in [1.54, 1.807) is 28.4 Å². The monoisotopic (exact) mass is 404 g/mol. The normalized spacial score (nSPS) is 11.2. The van der Waals surface area contributed by atoms with E-state index in [0.29, 0.717) is 17.9 Å². The highest BCUT2D eigenvalue weighted by atomic mass is 32.1. The topological polar surface area (TPSA) is 43.6 Å². The number of benzene rings is 2.